The lowest BCUT2D eigenvalue weighted by Gasteiger charge is -2.19. The summed E-state index contributed by atoms with van der Waals surface area (Å²) < 4.78 is 18.7. The SMILES string of the molecule is CCNC(Cc1ccccc1OC)c1cncc(F)c1. The fourth-order valence-corrected chi connectivity index (χ4v) is 2.26. The number of ether oxygens (including phenoxy) is 1. The molecule has 1 aromatic carbocycles. The maximum absolute atomic E-state index is 13.3. The lowest BCUT2D eigenvalue weighted by atomic mass is 9.99. The molecule has 0 saturated carbocycles. The zero-order chi connectivity index (χ0) is 14.4. The smallest absolute Gasteiger partial charge is 0.141 e. The van der Waals surface area contributed by atoms with Gasteiger partial charge < -0.3 is 10.1 Å². The number of hydrogen-bond donors (Lipinski definition) is 1. The van der Waals surface area contributed by atoms with Crippen LogP contribution >= 0.6 is 0 Å². The molecule has 1 unspecified atom stereocenters. The third-order valence-corrected chi connectivity index (χ3v) is 3.20. The molecule has 2 aromatic rings. The van der Waals surface area contributed by atoms with E-state index in [1.807, 2.05) is 31.2 Å². The third-order valence-electron chi connectivity index (χ3n) is 3.20. The van der Waals surface area contributed by atoms with Gasteiger partial charge in [-0.1, -0.05) is 25.1 Å². The van der Waals surface area contributed by atoms with Gasteiger partial charge >= 0.3 is 0 Å². The molecule has 4 heteroatoms. The highest BCUT2D eigenvalue weighted by Crippen LogP contribution is 2.24. The van der Waals surface area contributed by atoms with Gasteiger partial charge in [0.05, 0.1) is 13.3 Å². The molecule has 3 nitrogen and oxygen atoms in total. The van der Waals surface area contributed by atoms with Crippen molar-refractivity contribution in [1.82, 2.24) is 10.3 Å². The Balaban J connectivity index is 2.25. The Morgan fingerprint density at radius 1 is 1.30 bits per heavy atom. The average molecular weight is 274 g/mol. The summed E-state index contributed by atoms with van der Waals surface area (Å²) >= 11 is 0. The Labute approximate surface area is 118 Å². The number of nitrogens with zero attached hydrogens (tertiary/aromatic N) is 1. The van der Waals surface area contributed by atoms with Crippen LogP contribution in [0.4, 0.5) is 4.39 Å². The van der Waals surface area contributed by atoms with E-state index in [4.69, 9.17) is 4.74 Å². The molecule has 2 rings (SSSR count). The summed E-state index contributed by atoms with van der Waals surface area (Å²) in [4.78, 5) is 3.93. The van der Waals surface area contributed by atoms with Gasteiger partial charge in [0, 0.05) is 12.2 Å². The van der Waals surface area contributed by atoms with Crippen LogP contribution in [0.15, 0.2) is 42.7 Å². The Bertz CT molecular complexity index is 560. The lowest BCUT2D eigenvalue weighted by Crippen LogP contribution is -2.23. The van der Waals surface area contributed by atoms with Crippen molar-refractivity contribution in [3.05, 3.63) is 59.7 Å². The second kappa shape index (κ2) is 7.01. The van der Waals surface area contributed by atoms with Gasteiger partial charge in [-0.05, 0) is 36.2 Å². The van der Waals surface area contributed by atoms with E-state index in [0.717, 1.165) is 29.8 Å². The summed E-state index contributed by atoms with van der Waals surface area (Å²) in [5.74, 6) is 0.533. The Morgan fingerprint density at radius 3 is 2.80 bits per heavy atom. The molecule has 1 atom stereocenters. The van der Waals surface area contributed by atoms with Gasteiger partial charge in [-0.3, -0.25) is 4.98 Å². The first-order chi connectivity index (χ1) is 9.74. The molecule has 0 saturated heterocycles. The van der Waals surface area contributed by atoms with Crippen molar-refractivity contribution in [3.8, 4) is 5.75 Å². The molecule has 0 bridgehead atoms. The number of nitrogens with one attached hydrogen (secondary N) is 1. The van der Waals surface area contributed by atoms with Crippen LogP contribution in [-0.4, -0.2) is 18.6 Å². The number of benzene rings is 1. The third kappa shape index (κ3) is 3.54. The quantitative estimate of drug-likeness (QED) is 0.878. The molecular weight excluding hydrogens is 255 g/mol. The number of pyridine rings is 1. The lowest BCUT2D eigenvalue weighted by molar-refractivity contribution is 0.405. The number of para-hydroxylation sites is 1. The standard InChI is InChI=1S/C16H19FN2O/c1-3-19-15(13-8-14(17)11-18-10-13)9-12-6-4-5-7-16(12)20-2/h4-8,10-11,15,19H,3,9H2,1-2H3. The van der Waals surface area contributed by atoms with Crippen molar-refractivity contribution in [2.75, 3.05) is 13.7 Å². The Kier molecular flexibility index (Phi) is 5.07. The van der Waals surface area contributed by atoms with Crippen LogP contribution in [0.3, 0.4) is 0 Å². The van der Waals surface area contributed by atoms with Crippen molar-refractivity contribution in [1.29, 1.82) is 0 Å². The van der Waals surface area contributed by atoms with Crippen LogP contribution < -0.4 is 10.1 Å². The predicted molar refractivity (Wildman–Crippen MR) is 77.3 cm³/mol. The molecule has 0 amide bonds. The molecule has 0 spiro atoms. The highest BCUT2D eigenvalue weighted by molar-refractivity contribution is 5.35. The summed E-state index contributed by atoms with van der Waals surface area (Å²) in [5, 5.41) is 3.36. The summed E-state index contributed by atoms with van der Waals surface area (Å²) in [6, 6.07) is 9.41. The number of hydrogen-bond acceptors (Lipinski definition) is 3. The van der Waals surface area contributed by atoms with Crippen molar-refractivity contribution in [2.24, 2.45) is 0 Å². The van der Waals surface area contributed by atoms with Crippen LogP contribution in [0, 0.1) is 5.82 Å². The monoisotopic (exact) mass is 274 g/mol. The molecule has 1 N–H and O–H groups in total. The molecule has 20 heavy (non-hydrogen) atoms. The second-order valence-electron chi connectivity index (χ2n) is 4.56. The number of likely N-dealkylation sites (N-methyl/N-ethyl adjacent to an activating group) is 1. The van der Waals surface area contributed by atoms with Gasteiger partial charge in [-0.15, -0.1) is 0 Å². The van der Waals surface area contributed by atoms with Crippen molar-refractivity contribution >= 4 is 0 Å². The first-order valence-electron chi connectivity index (χ1n) is 6.70. The van der Waals surface area contributed by atoms with E-state index in [2.05, 4.69) is 10.3 Å². The van der Waals surface area contributed by atoms with E-state index in [1.165, 1.54) is 12.3 Å². The summed E-state index contributed by atoms with van der Waals surface area (Å²) in [6.45, 7) is 2.83. The molecule has 106 valence electrons. The highest BCUT2D eigenvalue weighted by atomic mass is 19.1. The summed E-state index contributed by atoms with van der Waals surface area (Å²) in [5.41, 5.74) is 1.93. The molecule has 0 aliphatic heterocycles. The van der Waals surface area contributed by atoms with Crippen LogP contribution in [0.5, 0.6) is 5.75 Å². The van der Waals surface area contributed by atoms with Crippen LogP contribution in [0.1, 0.15) is 24.1 Å². The number of rotatable bonds is 6. The van der Waals surface area contributed by atoms with Crippen LogP contribution in [0.25, 0.3) is 0 Å². The maximum Gasteiger partial charge on any atom is 0.141 e. The minimum Gasteiger partial charge on any atom is -0.496 e. The van der Waals surface area contributed by atoms with E-state index in [1.54, 1.807) is 13.3 Å². The van der Waals surface area contributed by atoms with Gasteiger partial charge in [-0.25, -0.2) is 4.39 Å². The van der Waals surface area contributed by atoms with Gasteiger partial charge in [0.1, 0.15) is 11.6 Å². The topological polar surface area (TPSA) is 34.1 Å². The Morgan fingerprint density at radius 2 is 2.10 bits per heavy atom. The van der Waals surface area contributed by atoms with Gasteiger partial charge in [-0.2, -0.15) is 0 Å². The van der Waals surface area contributed by atoms with Gasteiger partial charge in [0.25, 0.3) is 0 Å². The fraction of sp³-hybridized carbons (Fsp3) is 0.312. The molecule has 0 radical (unpaired) electrons. The second-order valence-corrected chi connectivity index (χ2v) is 4.56. The number of halogens is 1. The van der Waals surface area contributed by atoms with Crippen LogP contribution in [-0.2, 0) is 6.42 Å². The minimum absolute atomic E-state index is 0.0134. The zero-order valence-corrected chi connectivity index (χ0v) is 11.8. The largest absolute Gasteiger partial charge is 0.496 e. The molecule has 0 fully saturated rings. The first kappa shape index (κ1) is 14.5. The Hall–Kier alpha value is -1.94. The van der Waals surface area contributed by atoms with E-state index in [-0.39, 0.29) is 11.9 Å². The highest BCUT2D eigenvalue weighted by Gasteiger charge is 2.14. The molecule has 1 heterocycles. The van der Waals surface area contributed by atoms with Gasteiger partial charge in [0.15, 0.2) is 0 Å². The van der Waals surface area contributed by atoms with E-state index in [0.29, 0.717) is 0 Å². The van der Waals surface area contributed by atoms with Gasteiger partial charge in [0.2, 0.25) is 0 Å². The number of methoxy groups -OCH3 is 1. The molecule has 0 aliphatic carbocycles. The minimum atomic E-state index is -0.314. The van der Waals surface area contributed by atoms with E-state index >= 15 is 0 Å². The van der Waals surface area contributed by atoms with Crippen molar-refractivity contribution < 1.29 is 9.13 Å². The van der Waals surface area contributed by atoms with Crippen molar-refractivity contribution in [2.45, 2.75) is 19.4 Å². The molecule has 0 aliphatic rings. The first-order valence-corrected chi connectivity index (χ1v) is 6.70. The van der Waals surface area contributed by atoms with Crippen molar-refractivity contribution in [3.63, 3.8) is 0 Å². The maximum atomic E-state index is 13.3. The fourth-order valence-electron chi connectivity index (χ4n) is 2.26. The molecular formula is C16H19FN2O. The summed E-state index contributed by atoms with van der Waals surface area (Å²) in [7, 11) is 1.66. The molecule has 1 aromatic heterocycles. The van der Waals surface area contributed by atoms with Crippen LogP contribution in [0.2, 0.25) is 0 Å². The number of aromatic nitrogens is 1. The summed E-state index contributed by atoms with van der Waals surface area (Å²) in [6.07, 6.45) is 3.64. The average Bonchev–Trinajstić information content (AvgIpc) is 2.47. The normalized spacial score (nSPS) is 12.2. The zero-order valence-electron chi connectivity index (χ0n) is 11.8. The van der Waals surface area contributed by atoms with E-state index < -0.39 is 0 Å². The predicted octanol–water partition coefficient (Wildman–Crippen LogP) is 3.12. The van der Waals surface area contributed by atoms with E-state index in [9.17, 15) is 4.39 Å².